The van der Waals surface area contributed by atoms with Crippen molar-refractivity contribution in [2.45, 2.75) is 25.2 Å². The van der Waals surface area contributed by atoms with Gasteiger partial charge in [0.1, 0.15) is 5.78 Å². The topological polar surface area (TPSA) is 17.1 Å². The van der Waals surface area contributed by atoms with Crippen LogP contribution in [-0.4, -0.2) is 5.78 Å². The fraction of sp³-hybridized carbons (Fsp3) is 0.235. The minimum atomic E-state index is -0.0372. The largest absolute Gasteiger partial charge is 0.299 e. The molecule has 1 unspecified atom stereocenters. The zero-order valence-electron chi connectivity index (χ0n) is 10.6. The molecule has 0 radical (unpaired) electrons. The van der Waals surface area contributed by atoms with E-state index in [4.69, 9.17) is 11.6 Å². The van der Waals surface area contributed by atoms with Crippen LogP contribution in [0.5, 0.6) is 0 Å². The van der Waals surface area contributed by atoms with Crippen LogP contribution >= 0.6 is 11.6 Å². The Kier molecular flexibility index (Phi) is 3.39. The molecule has 96 valence electrons. The van der Waals surface area contributed by atoms with Gasteiger partial charge in [0.2, 0.25) is 0 Å². The Morgan fingerprint density at radius 3 is 2.58 bits per heavy atom. The van der Waals surface area contributed by atoms with Crippen LogP contribution in [0.4, 0.5) is 0 Å². The van der Waals surface area contributed by atoms with Crippen molar-refractivity contribution in [2.75, 3.05) is 0 Å². The Labute approximate surface area is 118 Å². The maximum atomic E-state index is 12.2. The average molecular weight is 271 g/mol. The van der Waals surface area contributed by atoms with Crippen molar-refractivity contribution in [1.29, 1.82) is 0 Å². The van der Waals surface area contributed by atoms with Crippen molar-refractivity contribution in [3.63, 3.8) is 0 Å². The van der Waals surface area contributed by atoms with Crippen LogP contribution in [-0.2, 0) is 17.6 Å². The van der Waals surface area contributed by atoms with Gasteiger partial charge in [-0.1, -0.05) is 54.1 Å². The van der Waals surface area contributed by atoms with E-state index in [1.165, 1.54) is 5.56 Å². The third-order valence-electron chi connectivity index (χ3n) is 3.82. The number of hydrogen-bond donors (Lipinski definition) is 0. The van der Waals surface area contributed by atoms with Crippen LogP contribution in [0.25, 0.3) is 0 Å². The Balaban J connectivity index is 1.98. The highest BCUT2D eigenvalue weighted by molar-refractivity contribution is 6.31. The summed E-state index contributed by atoms with van der Waals surface area (Å²) in [5, 5.41) is 0.795. The van der Waals surface area contributed by atoms with Crippen molar-refractivity contribution in [3.8, 4) is 0 Å². The van der Waals surface area contributed by atoms with Crippen LogP contribution in [0.1, 0.15) is 29.0 Å². The summed E-state index contributed by atoms with van der Waals surface area (Å²) in [7, 11) is 0. The third kappa shape index (κ3) is 2.43. The lowest BCUT2D eigenvalue weighted by Gasteiger charge is -2.25. The van der Waals surface area contributed by atoms with E-state index in [1.54, 1.807) is 0 Å². The van der Waals surface area contributed by atoms with Gasteiger partial charge in [0.25, 0.3) is 0 Å². The van der Waals surface area contributed by atoms with Gasteiger partial charge in [-0.25, -0.2) is 0 Å². The fourth-order valence-corrected chi connectivity index (χ4v) is 3.11. The smallest absolute Gasteiger partial charge is 0.141 e. The summed E-state index contributed by atoms with van der Waals surface area (Å²) in [4.78, 5) is 12.2. The molecule has 0 N–H and O–H groups in total. The molecule has 1 atom stereocenters. The van der Waals surface area contributed by atoms with Gasteiger partial charge in [-0.3, -0.25) is 4.79 Å². The SMILES string of the molecule is O=C1CCc2c(Cl)cccc2C1Cc1ccccc1. The molecule has 0 heterocycles. The summed E-state index contributed by atoms with van der Waals surface area (Å²) >= 11 is 6.25. The van der Waals surface area contributed by atoms with Crippen LogP contribution in [0.15, 0.2) is 48.5 Å². The minimum Gasteiger partial charge on any atom is -0.299 e. The summed E-state index contributed by atoms with van der Waals surface area (Å²) in [5.41, 5.74) is 3.48. The first kappa shape index (κ1) is 12.4. The molecule has 2 aromatic rings. The van der Waals surface area contributed by atoms with Crippen LogP contribution in [0, 0.1) is 0 Å². The second kappa shape index (κ2) is 5.18. The molecule has 2 aromatic carbocycles. The van der Waals surface area contributed by atoms with E-state index in [2.05, 4.69) is 12.1 Å². The van der Waals surface area contributed by atoms with Gasteiger partial charge in [-0.2, -0.15) is 0 Å². The number of fused-ring (bicyclic) bond motifs is 1. The van der Waals surface area contributed by atoms with Gasteiger partial charge in [-0.15, -0.1) is 0 Å². The quantitative estimate of drug-likeness (QED) is 0.800. The lowest BCUT2D eigenvalue weighted by Crippen LogP contribution is -2.22. The van der Waals surface area contributed by atoms with Crippen molar-refractivity contribution in [2.24, 2.45) is 0 Å². The molecule has 0 saturated carbocycles. The second-order valence-electron chi connectivity index (χ2n) is 5.02. The molecule has 1 aliphatic carbocycles. The van der Waals surface area contributed by atoms with Crippen LogP contribution < -0.4 is 0 Å². The molecule has 1 nitrogen and oxygen atoms in total. The highest BCUT2D eigenvalue weighted by Crippen LogP contribution is 2.35. The number of halogens is 1. The zero-order chi connectivity index (χ0) is 13.2. The van der Waals surface area contributed by atoms with Crippen LogP contribution in [0.3, 0.4) is 0 Å². The molecular formula is C17H15ClO. The predicted molar refractivity (Wildman–Crippen MR) is 77.7 cm³/mol. The second-order valence-corrected chi connectivity index (χ2v) is 5.42. The van der Waals surface area contributed by atoms with Crippen LogP contribution in [0.2, 0.25) is 5.02 Å². The number of benzene rings is 2. The highest BCUT2D eigenvalue weighted by Gasteiger charge is 2.28. The van der Waals surface area contributed by atoms with Crippen molar-refractivity contribution in [1.82, 2.24) is 0 Å². The molecule has 0 spiro atoms. The Bertz CT molecular complexity index is 604. The normalized spacial score (nSPS) is 18.2. The predicted octanol–water partition coefficient (Wildman–Crippen LogP) is 4.18. The first-order valence-corrected chi connectivity index (χ1v) is 6.97. The van der Waals surface area contributed by atoms with Crippen molar-refractivity contribution in [3.05, 3.63) is 70.2 Å². The number of Topliss-reactive ketones (excluding diaryl/α,β-unsaturated/α-hetero) is 1. The molecule has 19 heavy (non-hydrogen) atoms. The minimum absolute atomic E-state index is 0.0372. The Hall–Kier alpha value is -1.60. The molecule has 0 saturated heterocycles. The summed E-state index contributed by atoms with van der Waals surface area (Å²) in [6, 6.07) is 16.1. The summed E-state index contributed by atoms with van der Waals surface area (Å²) in [6.45, 7) is 0. The standard InChI is InChI=1S/C17H15ClO/c18-16-8-4-7-13-14(16)9-10-17(19)15(13)11-12-5-2-1-3-6-12/h1-8,15H,9-11H2. The molecule has 3 rings (SSSR count). The van der Waals surface area contributed by atoms with Crippen molar-refractivity contribution < 1.29 is 4.79 Å². The summed E-state index contributed by atoms with van der Waals surface area (Å²) < 4.78 is 0. The molecule has 0 fully saturated rings. The lowest BCUT2D eigenvalue weighted by molar-refractivity contribution is -0.120. The van der Waals surface area contributed by atoms with E-state index in [0.29, 0.717) is 12.2 Å². The molecule has 0 aliphatic heterocycles. The Morgan fingerprint density at radius 1 is 1.00 bits per heavy atom. The number of carbonyl (C=O) groups excluding carboxylic acids is 1. The van der Waals surface area contributed by atoms with E-state index in [-0.39, 0.29) is 5.92 Å². The maximum absolute atomic E-state index is 12.2. The van der Waals surface area contributed by atoms with Gasteiger partial charge in [0.15, 0.2) is 0 Å². The van der Waals surface area contributed by atoms with E-state index < -0.39 is 0 Å². The number of rotatable bonds is 2. The lowest BCUT2D eigenvalue weighted by atomic mass is 9.79. The van der Waals surface area contributed by atoms with Gasteiger partial charge in [0, 0.05) is 17.4 Å². The number of hydrogen-bond acceptors (Lipinski definition) is 1. The van der Waals surface area contributed by atoms with Gasteiger partial charge < -0.3 is 0 Å². The molecular weight excluding hydrogens is 256 g/mol. The molecule has 0 aromatic heterocycles. The third-order valence-corrected chi connectivity index (χ3v) is 4.18. The molecule has 0 bridgehead atoms. The Morgan fingerprint density at radius 2 is 1.79 bits per heavy atom. The summed E-state index contributed by atoms with van der Waals surface area (Å²) in [6.07, 6.45) is 2.15. The van der Waals surface area contributed by atoms with E-state index in [1.807, 2.05) is 36.4 Å². The fourth-order valence-electron chi connectivity index (χ4n) is 2.84. The van der Waals surface area contributed by atoms with Crippen molar-refractivity contribution >= 4 is 17.4 Å². The molecule has 2 heteroatoms. The summed E-state index contributed by atoms with van der Waals surface area (Å²) in [5.74, 6) is 0.295. The molecule has 0 amide bonds. The first-order valence-electron chi connectivity index (χ1n) is 6.59. The number of ketones is 1. The van der Waals surface area contributed by atoms with E-state index >= 15 is 0 Å². The monoisotopic (exact) mass is 270 g/mol. The zero-order valence-corrected chi connectivity index (χ0v) is 11.4. The molecule has 1 aliphatic rings. The van der Waals surface area contributed by atoms with Gasteiger partial charge in [0.05, 0.1) is 0 Å². The highest BCUT2D eigenvalue weighted by atomic mass is 35.5. The number of carbonyl (C=O) groups is 1. The maximum Gasteiger partial charge on any atom is 0.141 e. The van der Waals surface area contributed by atoms with E-state index in [9.17, 15) is 4.79 Å². The average Bonchev–Trinajstić information content (AvgIpc) is 2.43. The van der Waals surface area contributed by atoms with E-state index in [0.717, 1.165) is 29.0 Å². The first-order chi connectivity index (χ1) is 9.25. The van der Waals surface area contributed by atoms with Gasteiger partial charge >= 0.3 is 0 Å². The van der Waals surface area contributed by atoms with Gasteiger partial charge in [-0.05, 0) is 35.6 Å².